The van der Waals surface area contributed by atoms with Crippen LogP contribution in [0, 0.1) is 17.8 Å². The van der Waals surface area contributed by atoms with Gasteiger partial charge in [-0.1, -0.05) is 12.1 Å². The first-order chi connectivity index (χ1) is 15.9. The van der Waals surface area contributed by atoms with Crippen molar-refractivity contribution < 1.29 is 40.6 Å². The van der Waals surface area contributed by atoms with E-state index in [-0.39, 0.29) is 12.4 Å². The van der Waals surface area contributed by atoms with E-state index >= 15 is 0 Å². The summed E-state index contributed by atoms with van der Waals surface area (Å²) in [4.78, 5) is 12.5. The summed E-state index contributed by atoms with van der Waals surface area (Å²) in [5, 5.41) is 2.70. The number of para-hydroxylation sites is 1. The summed E-state index contributed by atoms with van der Waals surface area (Å²) in [7, 11) is 1.16. The number of amides is 1. The molecule has 4 aliphatic rings. The molecule has 0 radical (unpaired) electrons. The van der Waals surface area contributed by atoms with Gasteiger partial charge in [-0.3, -0.25) is 10.1 Å². The van der Waals surface area contributed by atoms with Crippen LogP contribution in [0.3, 0.4) is 0 Å². The fourth-order valence-electron chi connectivity index (χ4n) is 6.33. The molecule has 0 spiro atoms. The molecule has 1 aromatic rings. The first kappa shape index (κ1) is 25.1. The maximum Gasteiger partial charge on any atom is 0.434 e. The van der Waals surface area contributed by atoms with Crippen LogP contribution in [-0.2, 0) is 4.74 Å². The molecule has 2 N–H and O–H groups in total. The molecule has 4 aliphatic carbocycles. The van der Waals surface area contributed by atoms with Crippen LogP contribution in [0.2, 0.25) is 0 Å². The number of ether oxygens (including phenoxy) is 2. The molecular weight excluding hydrogens is 466 g/mol. The molecule has 4 saturated carbocycles. The summed E-state index contributed by atoms with van der Waals surface area (Å²) in [5.74, 6) is -0.165. The maximum absolute atomic E-state index is 13.9. The molecule has 34 heavy (non-hydrogen) atoms. The van der Waals surface area contributed by atoms with Gasteiger partial charge < -0.3 is 14.8 Å². The number of benzene rings is 1. The summed E-state index contributed by atoms with van der Waals surface area (Å²) < 4.78 is 94.3. The quantitative estimate of drug-likeness (QED) is 0.309. The lowest BCUT2D eigenvalue weighted by Gasteiger charge is -2.56. The van der Waals surface area contributed by atoms with Crippen molar-refractivity contribution in [2.75, 3.05) is 20.3 Å². The lowest BCUT2D eigenvalue weighted by molar-refractivity contribution is -0.314. The molecule has 0 aliphatic heterocycles. The normalized spacial score (nSPS) is 28.7. The number of halogens is 6. The molecule has 1 aromatic carbocycles. The second-order valence-corrected chi connectivity index (χ2v) is 9.78. The monoisotopic (exact) mass is 494 g/mol. The fourth-order valence-corrected chi connectivity index (χ4v) is 6.33. The van der Waals surface area contributed by atoms with E-state index in [0.717, 1.165) is 57.0 Å². The topological polar surface area (TPSA) is 59.6 Å². The number of alkyl halides is 6. The van der Waals surface area contributed by atoms with Gasteiger partial charge in [0.2, 0.25) is 0 Å². The molecule has 0 aromatic heterocycles. The van der Waals surface area contributed by atoms with E-state index < -0.39 is 41.6 Å². The summed E-state index contributed by atoms with van der Waals surface area (Å²) in [6.07, 6.45) is -5.97. The van der Waals surface area contributed by atoms with Gasteiger partial charge in [-0.25, -0.2) is 0 Å². The zero-order valence-electron chi connectivity index (χ0n) is 18.7. The predicted octanol–water partition coefficient (Wildman–Crippen LogP) is 4.82. The highest BCUT2D eigenvalue weighted by atomic mass is 19.4. The van der Waals surface area contributed by atoms with Crippen LogP contribution in [0.5, 0.6) is 5.75 Å². The molecule has 0 atom stereocenters. The van der Waals surface area contributed by atoms with Crippen LogP contribution in [-0.4, -0.2) is 49.8 Å². The number of nitrogens with one attached hydrogen (secondary N) is 2. The first-order valence-corrected chi connectivity index (χ1v) is 11.4. The molecule has 190 valence electrons. The Labute approximate surface area is 193 Å². The third-order valence-corrected chi connectivity index (χ3v) is 7.39. The molecular formula is C23H28F6N2O3. The van der Waals surface area contributed by atoms with Crippen LogP contribution in [0.15, 0.2) is 24.3 Å². The van der Waals surface area contributed by atoms with Crippen molar-refractivity contribution in [2.45, 2.75) is 62.1 Å². The van der Waals surface area contributed by atoms with Crippen molar-refractivity contribution in [1.29, 1.82) is 0 Å². The Morgan fingerprint density at radius 2 is 1.50 bits per heavy atom. The maximum atomic E-state index is 13.9. The Morgan fingerprint density at radius 1 is 0.971 bits per heavy atom. The summed E-state index contributed by atoms with van der Waals surface area (Å²) in [5.41, 5.74) is -5.56. The van der Waals surface area contributed by atoms with Crippen LogP contribution in [0.25, 0.3) is 0 Å². The van der Waals surface area contributed by atoms with Crippen LogP contribution in [0.4, 0.5) is 26.3 Å². The zero-order chi connectivity index (χ0) is 24.8. The van der Waals surface area contributed by atoms with Gasteiger partial charge in [-0.15, -0.1) is 0 Å². The number of carbonyl (C=O) groups excluding carboxylic acids is 1. The molecule has 5 rings (SSSR count). The molecule has 11 heteroatoms. The largest absolute Gasteiger partial charge is 0.496 e. The lowest BCUT2D eigenvalue weighted by atomic mass is 9.54. The summed E-state index contributed by atoms with van der Waals surface area (Å²) in [6, 6.07) is 5.11. The SMILES string of the molecule is COc1ccccc1C(=O)NC(NCCOC12CC3CC(CC(C3)C1)C2)(C(F)(F)F)C(F)(F)F. The van der Waals surface area contributed by atoms with E-state index in [2.05, 4.69) is 0 Å². The molecule has 5 nitrogen and oxygen atoms in total. The highest BCUT2D eigenvalue weighted by Crippen LogP contribution is 2.57. The van der Waals surface area contributed by atoms with E-state index in [1.807, 2.05) is 0 Å². The molecule has 1 amide bonds. The minimum atomic E-state index is -5.87. The Hall–Kier alpha value is -2.01. The summed E-state index contributed by atoms with van der Waals surface area (Å²) in [6.45, 7) is -1.07. The van der Waals surface area contributed by atoms with Gasteiger partial charge in [-0.05, 0) is 68.4 Å². The molecule has 4 bridgehead atoms. The van der Waals surface area contributed by atoms with E-state index in [0.29, 0.717) is 17.8 Å². The van der Waals surface area contributed by atoms with Crippen LogP contribution >= 0.6 is 0 Å². The van der Waals surface area contributed by atoms with Crippen LogP contribution in [0.1, 0.15) is 48.9 Å². The van der Waals surface area contributed by atoms with E-state index in [9.17, 15) is 31.1 Å². The van der Waals surface area contributed by atoms with Gasteiger partial charge in [0, 0.05) is 6.54 Å². The van der Waals surface area contributed by atoms with E-state index in [1.54, 1.807) is 0 Å². The number of hydrogen-bond acceptors (Lipinski definition) is 4. The Balaban J connectivity index is 1.48. The zero-order valence-corrected chi connectivity index (χ0v) is 18.7. The Bertz CT molecular complexity index is 852. The average Bonchev–Trinajstić information content (AvgIpc) is 2.73. The number of hydrogen-bond donors (Lipinski definition) is 2. The molecule has 0 heterocycles. The van der Waals surface area contributed by atoms with Crippen molar-refractivity contribution in [3.8, 4) is 5.75 Å². The van der Waals surface area contributed by atoms with Crippen molar-refractivity contribution in [1.82, 2.24) is 10.6 Å². The third kappa shape index (κ3) is 4.60. The molecule has 4 fully saturated rings. The second-order valence-electron chi connectivity index (χ2n) is 9.78. The molecule has 0 saturated heterocycles. The third-order valence-electron chi connectivity index (χ3n) is 7.39. The summed E-state index contributed by atoms with van der Waals surface area (Å²) >= 11 is 0. The van der Waals surface area contributed by atoms with Gasteiger partial charge in [0.25, 0.3) is 11.6 Å². The second kappa shape index (κ2) is 8.89. The highest BCUT2D eigenvalue weighted by Gasteiger charge is 2.72. The number of carbonyl (C=O) groups is 1. The van der Waals surface area contributed by atoms with Crippen molar-refractivity contribution in [2.24, 2.45) is 17.8 Å². The van der Waals surface area contributed by atoms with Gasteiger partial charge in [0.15, 0.2) is 0 Å². The Kier molecular flexibility index (Phi) is 6.56. The Morgan fingerprint density at radius 3 is 2.00 bits per heavy atom. The first-order valence-electron chi connectivity index (χ1n) is 11.4. The van der Waals surface area contributed by atoms with Gasteiger partial charge in [0.1, 0.15) is 5.75 Å². The van der Waals surface area contributed by atoms with Gasteiger partial charge >= 0.3 is 12.4 Å². The number of rotatable bonds is 8. The van der Waals surface area contributed by atoms with Crippen molar-refractivity contribution >= 4 is 5.91 Å². The fraction of sp³-hybridized carbons (Fsp3) is 0.696. The highest BCUT2D eigenvalue weighted by molar-refractivity contribution is 5.97. The van der Waals surface area contributed by atoms with Gasteiger partial charge in [-0.2, -0.15) is 26.3 Å². The number of methoxy groups -OCH3 is 1. The molecule has 0 unspecified atom stereocenters. The standard InChI is InChI=1S/C23H28F6N2O3/c1-33-18-5-3-2-4-17(18)19(32)31-21(22(24,25)26,23(27,28)29)30-6-7-34-20-11-14-8-15(12-20)10-16(9-14)13-20/h2-5,14-16,30H,6-13H2,1H3,(H,31,32). The van der Waals surface area contributed by atoms with E-state index in [4.69, 9.17) is 9.47 Å². The van der Waals surface area contributed by atoms with E-state index in [1.165, 1.54) is 23.5 Å². The van der Waals surface area contributed by atoms with Crippen molar-refractivity contribution in [3.63, 3.8) is 0 Å². The lowest BCUT2D eigenvalue weighted by Crippen LogP contribution is -2.75. The average molecular weight is 494 g/mol. The predicted molar refractivity (Wildman–Crippen MR) is 110 cm³/mol. The minimum Gasteiger partial charge on any atom is -0.496 e. The van der Waals surface area contributed by atoms with Crippen LogP contribution < -0.4 is 15.4 Å². The van der Waals surface area contributed by atoms with Crippen molar-refractivity contribution in [3.05, 3.63) is 29.8 Å². The smallest absolute Gasteiger partial charge is 0.434 e. The minimum absolute atomic E-state index is 0.150. The van der Waals surface area contributed by atoms with Gasteiger partial charge in [0.05, 0.1) is 24.9 Å².